The number of carbonyl (C=O) groups is 2. The molecule has 0 atom stereocenters. The maximum atomic E-state index is 12.6. The minimum atomic E-state index is -1.11. The Morgan fingerprint density at radius 1 is 1.21 bits per heavy atom. The van der Waals surface area contributed by atoms with E-state index in [1.807, 2.05) is 0 Å². The summed E-state index contributed by atoms with van der Waals surface area (Å²) in [6, 6.07) is 6.05. The fourth-order valence-corrected chi connectivity index (χ4v) is 3.59. The summed E-state index contributed by atoms with van der Waals surface area (Å²) in [5, 5.41) is 13.1. The minimum absolute atomic E-state index is 0.0367. The van der Waals surface area contributed by atoms with Gasteiger partial charge in [-0.05, 0) is 29.7 Å². The highest BCUT2D eigenvalue weighted by Gasteiger charge is 2.21. The number of amides is 1. The lowest BCUT2D eigenvalue weighted by Crippen LogP contribution is -2.26. The molecule has 122 valence electrons. The van der Waals surface area contributed by atoms with Crippen molar-refractivity contribution in [2.24, 2.45) is 0 Å². The van der Waals surface area contributed by atoms with Crippen LogP contribution in [0.15, 0.2) is 35.8 Å². The summed E-state index contributed by atoms with van der Waals surface area (Å²) in [5.41, 5.74) is 0.418. The number of carbonyl (C=O) groups excluding carboxylic acids is 1. The molecule has 0 radical (unpaired) electrons. The van der Waals surface area contributed by atoms with E-state index < -0.39 is 5.97 Å². The van der Waals surface area contributed by atoms with E-state index in [0.717, 1.165) is 0 Å². The molecular weight excluding hydrogens is 371 g/mol. The van der Waals surface area contributed by atoms with E-state index in [1.165, 1.54) is 34.6 Å². The molecule has 0 saturated heterocycles. The first-order valence-electron chi connectivity index (χ1n) is 6.72. The van der Waals surface area contributed by atoms with Gasteiger partial charge in [-0.25, -0.2) is 9.78 Å². The predicted octanol–water partition coefficient (Wildman–Crippen LogP) is 4.58. The average Bonchev–Trinajstić information content (AvgIpc) is 3.06. The molecule has 0 spiro atoms. The van der Waals surface area contributed by atoms with Gasteiger partial charge in [0, 0.05) is 29.0 Å². The number of hydrogen-bond acceptors (Lipinski definition) is 4. The number of carboxylic acid groups (broad SMARTS) is 1. The van der Waals surface area contributed by atoms with Gasteiger partial charge in [0.2, 0.25) is 0 Å². The lowest BCUT2D eigenvalue weighted by molar-refractivity contribution is 0.0696. The van der Waals surface area contributed by atoms with Gasteiger partial charge in [0.05, 0.1) is 16.3 Å². The van der Waals surface area contributed by atoms with Crippen molar-refractivity contribution in [1.82, 2.24) is 4.98 Å². The second-order valence-electron chi connectivity index (χ2n) is 4.99. The summed E-state index contributed by atoms with van der Waals surface area (Å²) >= 11 is 13.5. The Morgan fingerprint density at radius 2 is 1.96 bits per heavy atom. The molecule has 3 rings (SSSR count). The van der Waals surface area contributed by atoms with Crippen molar-refractivity contribution >= 4 is 62.9 Å². The van der Waals surface area contributed by atoms with Crippen molar-refractivity contribution < 1.29 is 14.7 Å². The molecule has 5 nitrogen and oxygen atoms in total. The molecule has 1 aromatic heterocycles. The first-order valence-corrected chi connectivity index (χ1v) is 8.35. The van der Waals surface area contributed by atoms with Gasteiger partial charge in [0.25, 0.3) is 5.91 Å². The van der Waals surface area contributed by atoms with Gasteiger partial charge in [-0.1, -0.05) is 23.2 Å². The van der Waals surface area contributed by atoms with E-state index in [-0.39, 0.29) is 11.5 Å². The van der Waals surface area contributed by atoms with E-state index in [4.69, 9.17) is 23.2 Å². The van der Waals surface area contributed by atoms with Crippen LogP contribution in [0, 0.1) is 0 Å². The summed E-state index contributed by atoms with van der Waals surface area (Å²) in [5.74, 6) is -1.45. The van der Waals surface area contributed by atoms with Crippen LogP contribution in [-0.4, -0.2) is 29.0 Å². The number of aromatic carboxylic acids is 1. The Bertz CT molecular complexity index is 958. The van der Waals surface area contributed by atoms with Crippen LogP contribution in [0.3, 0.4) is 0 Å². The molecule has 0 bridgehead atoms. The summed E-state index contributed by atoms with van der Waals surface area (Å²) in [4.78, 5) is 29.3. The second kappa shape index (κ2) is 6.39. The number of rotatable bonds is 3. The van der Waals surface area contributed by atoms with Crippen LogP contribution in [-0.2, 0) is 0 Å². The SMILES string of the molecule is CN(C(=O)c1nccs1)c1cc(C(=O)O)cc2cc(Cl)cc(Cl)c12. The zero-order chi connectivity index (χ0) is 17.4. The quantitative estimate of drug-likeness (QED) is 0.721. The van der Waals surface area contributed by atoms with E-state index >= 15 is 0 Å². The van der Waals surface area contributed by atoms with Crippen LogP contribution < -0.4 is 4.90 Å². The molecule has 0 unspecified atom stereocenters. The first-order chi connectivity index (χ1) is 11.4. The average molecular weight is 381 g/mol. The van der Waals surface area contributed by atoms with E-state index in [2.05, 4.69) is 4.98 Å². The molecule has 8 heteroatoms. The topological polar surface area (TPSA) is 70.5 Å². The van der Waals surface area contributed by atoms with Crippen molar-refractivity contribution in [2.75, 3.05) is 11.9 Å². The van der Waals surface area contributed by atoms with Gasteiger partial charge in [0.15, 0.2) is 5.01 Å². The van der Waals surface area contributed by atoms with Crippen molar-refractivity contribution in [3.05, 3.63) is 56.5 Å². The molecule has 0 fully saturated rings. The van der Waals surface area contributed by atoms with Gasteiger partial charge in [-0.3, -0.25) is 4.79 Å². The van der Waals surface area contributed by atoms with Crippen LogP contribution in [0.25, 0.3) is 10.8 Å². The van der Waals surface area contributed by atoms with Crippen LogP contribution in [0.5, 0.6) is 0 Å². The highest BCUT2D eigenvalue weighted by molar-refractivity contribution is 7.11. The van der Waals surface area contributed by atoms with Gasteiger partial charge in [-0.2, -0.15) is 0 Å². The standard InChI is InChI=1S/C16H10Cl2N2O3S/c1-20(15(21)14-19-2-3-24-14)12-6-9(16(22)23)4-8-5-10(17)7-11(18)13(8)12/h2-7H,1H3,(H,22,23). The molecule has 3 aromatic rings. The number of fused-ring (bicyclic) bond motifs is 1. The van der Waals surface area contributed by atoms with E-state index in [0.29, 0.717) is 31.5 Å². The molecule has 0 aliphatic carbocycles. The number of aromatic nitrogens is 1. The third-order valence-corrected chi connectivity index (χ3v) is 4.75. The number of thiazole rings is 1. The van der Waals surface area contributed by atoms with Crippen LogP contribution in [0.1, 0.15) is 20.2 Å². The van der Waals surface area contributed by atoms with Crippen LogP contribution in [0.4, 0.5) is 5.69 Å². The molecule has 1 heterocycles. The highest BCUT2D eigenvalue weighted by atomic mass is 35.5. The summed E-state index contributed by atoms with van der Waals surface area (Å²) in [6.07, 6.45) is 1.53. The Balaban J connectivity index is 2.25. The number of anilines is 1. The lowest BCUT2D eigenvalue weighted by Gasteiger charge is -2.20. The molecule has 24 heavy (non-hydrogen) atoms. The second-order valence-corrected chi connectivity index (χ2v) is 6.73. The largest absolute Gasteiger partial charge is 0.478 e. The number of halogens is 2. The predicted molar refractivity (Wildman–Crippen MR) is 95.8 cm³/mol. The Morgan fingerprint density at radius 3 is 2.58 bits per heavy atom. The Hall–Kier alpha value is -2.15. The summed E-state index contributed by atoms with van der Waals surface area (Å²) in [6.45, 7) is 0. The molecule has 1 N–H and O–H groups in total. The van der Waals surface area contributed by atoms with Crippen molar-refractivity contribution in [3.8, 4) is 0 Å². The van der Waals surface area contributed by atoms with Gasteiger partial charge >= 0.3 is 5.97 Å². The molecule has 0 aliphatic heterocycles. The summed E-state index contributed by atoms with van der Waals surface area (Å²) < 4.78 is 0. The van der Waals surface area contributed by atoms with Crippen molar-refractivity contribution in [2.45, 2.75) is 0 Å². The van der Waals surface area contributed by atoms with Gasteiger partial charge in [-0.15, -0.1) is 11.3 Å². The van der Waals surface area contributed by atoms with Gasteiger partial charge in [0.1, 0.15) is 0 Å². The molecular formula is C16H10Cl2N2O3S. The zero-order valence-electron chi connectivity index (χ0n) is 12.3. The molecule has 2 aromatic carbocycles. The Labute approximate surface area is 151 Å². The monoisotopic (exact) mass is 380 g/mol. The fraction of sp³-hybridized carbons (Fsp3) is 0.0625. The fourth-order valence-electron chi connectivity index (χ4n) is 2.38. The smallest absolute Gasteiger partial charge is 0.335 e. The first kappa shape index (κ1) is 16.7. The maximum absolute atomic E-state index is 12.6. The van der Waals surface area contributed by atoms with E-state index in [9.17, 15) is 14.7 Å². The van der Waals surface area contributed by atoms with Crippen molar-refractivity contribution in [3.63, 3.8) is 0 Å². The van der Waals surface area contributed by atoms with Gasteiger partial charge < -0.3 is 10.0 Å². The number of benzene rings is 2. The minimum Gasteiger partial charge on any atom is -0.478 e. The normalized spacial score (nSPS) is 10.8. The Kier molecular flexibility index (Phi) is 4.45. The van der Waals surface area contributed by atoms with E-state index in [1.54, 1.807) is 24.6 Å². The molecule has 0 aliphatic rings. The van der Waals surface area contributed by atoms with Crippen LogP contribution >= 0.6 is 34.5 Å². The third kappa shape index (κ3) is 2.96. The maximum Gasteiger partial charge on any atom is 0.335 e. The molecule has 1 amide bonds. The summed E-state index contributed by atoms with van der Waals surface area (Å²) in [7, 11) is 1.55. The number of hydrogen-bond donors (Lipinski definition) is 1. The lowest BCUT2D eigenvalue weighted by atomic mass is 10.0. The molecule has 0 saturated carbocycles. The number of carboxylic acids is 1. The number of nitrogens with zero attached hydrogens (tertiary/aromatic N) is 2. The zero-order valence-corrected chi connectivity index (χ0v) is 14.6. The third-order valence-electron chi connectivity index (χ3n) is 3.47. The highest BCUT2D eigenvalue weighted by Crippen LogP contribution is 2.36. The van der Waals surface area contributed by atoms with Crippen LogP contribution in [0.2, 0.25) is 10.0 Å². The van der Waals surface area contributed by atoms with Crippen molar-refractivity contribution in [1.29, 1.82) is 0 Å².